The molecule has 31 heavy (non-hydrogen) atoms. The first-order valence-corrected chi connectivity index (χ1v) is 11.1. The second-order valence-electron chi connectivity index (χ2n) is 6.65. The van der Waals surface area contributed by atoms with Gasteiger partial charge in [-0.1, -0.05) is 11.6 Å². The van der Waals surface area contributed by atoms with Crippen molar-refractivity contribution < 1.29 is 22.4 Å². The number of halogens is 2. The van der Waals surface area contributed by atoms with Gasteiger partial charge in [0.05, 0.1) is 4.90 Å². The summed E-state index contributed by atoms with van der Waals surface area (Å²) in [5.74, 6) is -1.29. The van der Waals surface area contributed by atoms with Crippen LogP contribution in [0.5, 0.6) is 0 Å². The third-order valence-electron chi connectivity index (χ3n) is 4.58. The lowest BCUT2D eigenvalue weighted by Crippen LogP contribution is -2.55. The van der Waals surface area contributed by atoms with Gasteiger partial charge in [0.2, 0.25) is 10.0 Å². The van der Waals surface area contributed by atoms with Crippen molar-refractivity contribution in [1.29, 1.82) is 0 Å². The lowest BCUT2D eigenvalue weighted by molar-refractivity contribution is -0.127. The molecule has 166 valence electrons. The van der Waals surface area contributed by atoms with E-state index in [4.69, 9.17) is 17.3 Å². The summed E-state index contributed by atoms with van der Waals surface area (Å²) in [6.45, 7) is 0.0988. The highest BCUT2D eigenvalue weighted by atomic mass is 35.5. The Labute approximate surface area is 184 Å². The summed E-state index contributed by atoms with van der Waals surface area (Å²) in [5, 5.41) is 5.63. The van der Waals surface area contributed by atoms with Crippen LogP contribution in [0.15, 0.2) is 53.4 Å². The molecule has 0 saturated carbocycles. The van der Waals surface area contributed by atoms with Crippen LogP contribution in [0.3, 0.4) is 0 Å². The maximum atomic E-state index is 13.2. The van der Waals surface area contributed by atoms with Gasteiger partial charge in [0.1, 0.15) is 5.82 Å². The van der Waals surface area contributed by atoms with Crippen molar-refractivity contribution >= 4 is 39.2 Å². The SMILES string of the molecule is NCCNC(=O)C1N(C(=O)Nc2ccc(Cl)cc2)CCN1S(=O)(=O)c1ccc(F)cc1. The molecule has 1 fully saturated rings. The van der Waals surface area contributed by atoms with Crippen LogP contribution in [0, 0.1) is 5.82 Å². The molecule has 1 saturated heterocycles. The van der Waals surface area contributed by atoms with Gasteiger partial charge in [0.15, 0.2) is 6.17 Å². The molecule has 2 aromatic rings. The number of amides is 3. The fraction of sp³-hybridized carbons (Fsp3) is 0.263. The Morgan fingerprint density at radius 1 is 1.10 bits per heavy atom. The van der Waals surface area contributed by atoms with E-state index in [9.17, 15) is 22.4 Å². The number of carbonyl (C=O) groups excluding carboxylic acids is 2. The molecular formula is C19H21ClFN5O4S. The Morgan fingerprint density at radius 3 is 2.35 bits per heavy atom. The summed E-state index contributed by atoms with van der Waals surface area (Å²) in [6.07, 6.45) is -1.44. The molecule has 0 aliphatic carbocycles. The highest BCUT2D eigenvalue weighted by molar-refractivity contribution is 7.89. The molecule has 0 spiro atoms. The Balaban J connectivity index is 1.89. The van der Waals surface area contributed by atoms with Crippen LogP contribution in [0.25, 0.3) is 0 Å². The van der Waals surface area contributed by atoms with Crippen molar-refractivity contribution in [1.82, 2.24) is 14.5 Å². The van der Waals surface area contributed by atoms with Crippen molar-refractivity contribution in [2.75, 3.05) is 31.5 Å². The molecule has 9 nitrogen and oxygen atoms in total. The normalized spacial score (nSPS) is 16.9. The molecule has 0 bridgehead atoms. The van der Waals surface area contributed by atoms with Gasteiger partial charge >= 0.3 is 6.03 Å². The molecule has 1 heterocycles. The van der Waals surface area contributed by atoms with E-state index < -0.39 is 33.9 Å². The number of hydrogen-bond acceptors (Lipinski definition) is 5. The minimum absolute atomic E-state index is 0.0272. The highest BCUT2D eigenvalue weighted by Gasteiger charge is 2.46. The van der Waals surface area contributed by atoms with E-state index >= 15 is 0 Å². The molecule has 3 rings (SSSR count). The molecule has 0 aromatic heterocycles. The minimum atomic E-state index is -4.18. The molecular weight excluding hydrogens is 449 g/mol. The van der Waals surface area contributed by atoms with Gasteiger partial charge in [-0.25, -0.2) is 17.6 Å². The summed E-state index contributed by atoms with van der Waals surface area (Å²) < 4.78 is 40.4. The summed E-state index contributed by atoms with van der Waals surface area (Å²) in [4.78, 5) is 26.6. The number of anilines is 1. The monoisotopic (exact) mass is 469 g/mol. The lowest BCUT2D eigenvalue weighted by atomic mass is 10.3. The minimum Gasteiger partial charge on any atom is -0.352 e. The topological polar surface area (TPSA) is 125 Å². The van der Waals surface area contributed by atoms with Crippen molar-refractivity contribution in [3.8, 4) is 0 Å². The molecule has 1 atom stereocenters. The summed E-state index contributed by atoms with van der Waals surface area (Å²) in [6, 6.07) is 9.89. The number of rotatable bonds is 6. The number of hydrogen-bond donors (Lipinski definition) is 3. The molecule has 1 unspecified atom stereocenters. The number of nitrogens with two attached hydrogens (primary N) is 1. The van der Waals surface area contributed by atoms with Crippen molar-refractivity contribution in [3.05, 3.63) is 59.4 Å². The van der Waals surface area contributed by atoms with E-state index in [0.717, 1.165) is 33.5 Å². The van der Waals surface area contributed by atoms with Crippen LogP contribution in [0.4, 0.5) is 14.9 Å². The Morgan fingerprint density at radius 2 is 1.74 bits per heavy atom. The van der Waals surface area contributed by atoms with E-state index in [2.05, 4.69) is 10.6 Å². The maximum Gasteiger partial charge on any atom is 0.323 e. The largest absolute Gasteiger partial charge is 0.352 e. The Kier molecular flexibility index (Phi) is 7.11. The van der Waals surface area contributed by atoms with Crippen LogP contribution in [0.2, 0.25) is 5.02 Å². The number of nitrogens with one attached hydrogen (secondary N) is 2. The van der Waals surface area contributed by atoms with E-state index in [1.807, 2.05) is 0 Å². The molecule has 2 aromatic carbocycles. The van der Waals surface area contributed by atoms with E-state index in [1.165, 1.54) is 0 Å². The maximum absolute atomic E-state index is 13.2. The zero-order chi connectivity index (χ0) is 22.6. The predicted molar refractivity (Wildman–Crippen MR) is 113 cm³/mol. The first kappa shape index (κ1) is 22.9. The van der Waals surface area contributed by atoms with Crippen LogP contribution in [-0.2, 0) is 14.8 Å². The average Bonchev–Trinajstić information content (AvgIpc) is 3.20. The molecule has 4 N–H and O–H groups in total. The summed E-state index contributed by atoms with van der Waals surface area (Å²) in [5.41, 5.74) is 5.85. The predicted octanol–water partition coefficient (Wildman–Crippen LogP) is 1.42. The van der Waals surface area contributed by atoms with Crippen LogP contribution >= 0.6 is 11.6 Å². The molecule has 3 amide bonds. The third-order valence-corrected chi connectivity index (χ3v) is 6.70. The molecule has 1 aliphatic rings. The standard InChI is InChI=1S/C19H21ClFN5O4S/c20-13-1-5-15(6-2-13)24-19(28)25-11-12-26(18(25)17(27)23-10-9-22)31(29,30)16-7-3-14(21)4-8-16/h1-8,18H,9-12,22H2,(H,23,27)(H,24,28). The zero-order valence-corrected chi connectivity index (χ0v) is 17.9. The van der Waals surface area contributed by atoms with Gasteiger partial charge in [-0.3, -0.25) is 9.69 Å². The van der Waals surface area contributed by atoms with Gasteiger partial charge in [0, 0.05) is 36.9 Å². The van der Waals surface area contributed by atoms with Crippen LogP contribution < -0.4 is 16.4 Å². The summed E-state index contributed by atoms with van der Waals surface area (Å²) in [7, 11) is -4.18. The fourth-order valence-electron chi connectivity index (χ4n) is 3.10. The quantitative estimate of drug-likeness (QED) is 0.590. The van der Waals surface area contributed by atoms with Crippen molar-refractivity contribution in [2.24, 2.45) is 5.73 Å². The average molecular weight is 470 g/mol. The van der Waals surface area contributed by atoms with Crippen molar-refractivity contribution in [3.63, 3.8) is 0 Å². The number of sulfonamides is 1. The molecule has 12 heteroatoms. The Hall–Kier alpha value is -2.73. The van der Waals surface area contributed by atoms with Gasteiger partial charge < -0.3 is 16.4 Å². The van der Waals surface area contributed by atoms with Gasteiger partial charge in [-0.2, -0.15) is 4.31 Å². The van der Waals surface area contributed by atoms with E-state index in [0.29, 0.717) is 10.7 Å². The first-order valence-electron chi connectivity index (χ1n) is 9.32. The molecule has 0 radical (unpaired) electrons. The second-order valence-corrected chi connectivity index (χ2v) is 8.98. The van der Waals surface area contributed by atoms with Gasteiger partial charge in [-0.05, 0) is 48.5 Å². The van der Waals surface area contributed by atoms with Gasteiger partial charge in [0.25, 0.3) is 5.91 Å². The second kappa shape index (κ2) is 9.60. The number of nitrogens with zero attached hydrogens (tertiary/aromatic N) is 2. The van der Waals surface area contributed by atoms with E-state index in [-0.39, 0.29) is 31.1 Å². The van der Waals surface area contributed by atoms with Crippen LogP contribution in [0.1, 0.15) is 0 Å². The zero-order valence-electron chi connectivity index (χ0n) is 16.3. The fourth-order valence-corrected chi connectivity index (χ4v) is 4.77. The smallest absolute Gasteiger partial charge is 0.323 e. The third kappa shape index (κ3) is 5.13. The van der Waals surface area contributed by atoms with Crippen molar-refractivity contribution in [2.45, 2.75) is 11.1 Å². The van der Waals surface area contributed by atoms with Gasteiger partial charge in [-0.15, -0.1) is 0 Å². The highest BCUT2D eigenvalue weighted by Crippen LogP contribution is 2.26. The van der Waals surface area contributed by atoms with Crippen LogP contribution in [-0.4, -0.2) is 61.9 Å². The number of urea groups is 1. The van der Waals surface area contributed by atoms with E-state index in [1.54, 1.807) is 24.3 Å². The lowest BCUT2D eigenvalue weighted by Gasteiger charge is -2.28. The molecule has 1 aliphatic heterocycles. The number of carbonyl (C=O) groups is 2. The summed E-state index contributed by atoms with van der Waals surface area (Å²) >= 11 is 5.84. The number of benzene rings is 2. The first-order chi connectivity index (χ1) is 14.7. The Bertz CT molecular complexity index is 1050.